The van der Waals surface area contributed by atoms with Crippen molar-refractivity contribution < 1.29 is 18.0 Å². The van der Waals surface area contributed by atoms with Crippen molar-refractivity contribution in [2.75, 3.05) is 13.1 Å². The number of halogens is 3. The second-order valence-corrected chi connectivity index (χ2v) is 5.65. The van der Waals surface area contributed by atoms with Crippen molar-refractivity contribution in [2.24, 2.45) is 11.1 Å². The molecule has 1 aromatic heterocycles. The molecule has 2 heterocycles. The van der Waals surface area contributed by atoms with Crippen LogP contribution in [0.3, 0.4) is 0 Å². The maximum absolute atomic E-state index is 12.8. The van der Waals surface area contributed by atoms with E-state index < -0.39 is 17.4 Å². The molecule has 1 amide bonds. The number of hydrogen-bond donors (Lipinski definition) is 1. The average molecular weight is 303 g/mol. The monoisotopic (exact) mass is 303 g/mol. The molecule has 0 aromatic carbocycles. The first kappa shape index (κ1) is 14.3. The molecule has 1 saturated carbocycles. The third-order valence-corrected chi connectivity index (χ3v) is 4.45. The fourth-order valence-corrected chi connectivity index (χ4v) is 2.99. The highest BCUT2D eigenvalue weighted by Gasteiger charge is 2.46. The number of carbonyl (C=O) groups excluding carboxylic acids is 1. The van der Waals surface area contributed by atoms with Gasteiger partial charge in [-0.1, -0.05) is 6.42 Å². The molecule has 0 atom stereocenters. The maximum Gasteiger partial charge on any atom is 0.451 e. The number of amides is 1. The van der Waals surface area contributed by atoms with Gasteiger partial charge in [-0.3, -0.25) is 4.79 Å². The van der Waals surface area contributed by atoms with Crippen LogP contribution < -0.4 is 5.73 Å². The lowest BCUT2D eigenvalue weighted by Gasteiger charge is -2.43. The van der Waals surface area contributed by atoms with E-state index >= 15 is 0 Å². The summed E-state index contributed by atoms with van der Waals surface area (Å²) in [5.74, 6) is -0.894. The fourth-order valence-electron chi connectivity index (χ4n) is 2.99. The SMILES string of the molecule is NCC1(C(=O)N2CCn3c(nnc3C(F)(F)F)C2)CCC1. The lowest BCUT2D eigenvalue weighted by atomic mass is 9.67. The van der Waals surface area contributed by atoms with Gasteiger partial charge < -0.3 is 15.2 Å². The van der Waals surface area contributed by atoms with Crippen LogP contribution in [0.2, 0.25) is 0 Å². The molecule has 1 aliphatic carbocycles. The summed E-state index contributed by atoms with van der Waals surface area (Å²) >= 11 is 0. The first-order chi connectivity index (χ1) is 9.87. The molecular weight excluding hydrogens is 287 g/mol. The van der Waals surface area contributed by atoms with E-state index in [9.17, 15) is 18.0 Å². The Morgan fingerprint density at radius 1 is 1.29 bits per heavy atom. The highest BCUT2D eigenvalue weighted by Crippen LogP contribution is 2.42. The van der Waals surface area contributed by atoms with Crippen LogP contribution in [0.1, 0.15) is 30.9 Å². The molecule has 2 N–H and O–H groups in total. The third kappa shape index (κ3) is 2.19. The van der Waals surface area contributed by atoms with E-state index in [0.717, 1.165) is 23.8 Å². The predicted molar refractivity (Wildman–Crippen MR) is 65.8 cm³/mol. The summed E-state index contributed by atoms with van der Waals surface area (Å²) in [7, 11) is 0. The van der Waals surface area contributed by atoms with Gasteiger partial charge in [0.15, 0.2) is 5.82 Å². The van der Waals surface area contributed by atoms with Crippen LogP contribution in [0.15, 0.2) is 0 Å². The molecule has 1 fully saturated rings. The number of nitrogens with two attached hydrogens (primary N) is 1. The Hall–Kier alpha value is -1.64. The molecule has 21 heavy (non-hydrogen) atoms. The molecular formula is C12H16F3N5O. The number of aromatic nitrogens is 3. The van der Waals surface area contributed by atoms with Crippen molar-refractivity contribution in [1.82, 2.24) is 19.7 Å². The van der Waals surface area contributed by atoms with Gasteiger partial charge in [0.2, 0.25) is 11.7 Å². The summed E-state index contributed by atoms with van der Waals surface area (Å²) in [4.78, 5) is 14.1. The predicted octanol–water partition coefficient (Wildman–Crippen LogP) is 0.768. The number of nitrogens with zero attached hydrogens (tertiary/aromatic N) is 4. The lowest BCUT2D eigenvalue weighted by molar-refractivity contribution is -0.150. The van der Waals surface area contributed by atoms with Gasteiger partial charge in [-0.15, -0.1) is 10.2 Å². The minimum Gasteiger partial charge on any atom is -0.333 e. The smallest absolute Gasteiger partial charge is 0.333 e. The van der Waals surface area contributed by atoms with E-state index in [1.54, 1.807) is 4.90 Å². The van der Waals surface area contributed by atoms with Crippen LogP contribution in [0.25, 0.3) is 0 Å². The van der Waals surface area contributed by atoms with Gasteiger partial charge in [-0.05, 0) is 12.8 Å². The molecule has 0 bridgehead atoms. The number of hydrogen-bond acceptors (Lipinski definition) is 4. The maximum atomic E-state index is 12.8. The quantitative estimate of drug-likeness (QED) is 0.875. The number of carbonyl (C=O) groups is 1. The summed E-state index contributed by atoms with van der Waals surface area (Å²) in [6, 6.07) is 0. The van der Waals surface area contributed by atoms with Crippen LogP contribution in [-0.4, -0.2) is 38.7 Å². The average Bonchev–Trinajstić information content (AvgIpc) is 2.80. The molecule has 0 saturated heterocycles. The molecule has 116 valence electrons. The summed E-state index contributed by atoms with van der Waals surface area (Å²) in [6.07, 6.45) is -2.06. The largest absolute Gasteiger partial charge is 0.451 e. The van der Waals surface area contributed by atoms with Crippen LogP contribution in [0, 0.1) is 5.41 Å². The van der Waals surface area contributed by atoms with Crippen molar-refractivity contribution in [2.45, 2.75) is 38.5 Å². The lowest BCUT2D eigenvalue weighted by Crippen LogP contribution is -2.53. The van der Waals surface area contributed by atoms with E-state index in [1.807, 2.05) is 0 Å². The summed E-state index contributed by atoms with van der Waals surface area (Å²) in [5, 5.41) is 6.78. The van der Waals surface area contributed by atoms with Crippen molar-refractivity contribution in [3.63, 3.8) is 0 Å². The molecule has 6 nitrogen and oxygen atoms in total. The second kappa shape index (κ2) is 4.69. The number of alkyl halides is 3. The molecule has 1 aliphatic heterocycles. The Bertz CT molecular complexity index is 558. The summed E-state index contributed by atoms with van der Waals surface area (Å²) < 4.78 is 39.3. The van der Waals surface area contributed by atoms with Gasteiger partial charge in [-0.2, -0.15) is 13.2 Å². The molecule has 3 rings (SSSR count). The first-order valence-corrected chi connectivity index (χ1v) is 6.86. The van der Waals surface area contributed by atoms with Crippen LogP contribution in [0.5, 0.6) is 0 Å². The van der Waals surface area contributed by atoms with Crippen molar-refractivity contribution in [3.8, 4) is 0 Å². The van der Waals surface area contributed by atoms with Crippen molar-refractivity contribution >= 4 is 5.91 Å². The van der Waals surface area contributed by atoms with Gasteiger partial charge in [0.1, 0.15) is 0 Å². The molecule has 0 radical (unpaired) electrons. The number of fused-ring (bicyclic) bond motifs is 1. The van der Waals surface area contributed by atoms with E-state index in [1.165, 1.54) is 0 Å². The van der Waals surface area contributed by atoms with E-state index in [0.29, 0.717) is 0 Å². The van der Waals surface area contributed by atoms with Crippen LogP contribution in [-0.2, 0) is 24.1 Å². The van der Waals surface area contributed by atoms with Gasteiger partial charge in [-0.25, -0.2) is 0 Å². The Kier molecular flexibility index (Phi) is 3.19. The molecule has 9 heteroatoms. The minimum absolute atomic E-state index is 0.0591. The van der Waals surface area contributed by atoms with Gasteiger partial charge >= 0.3 is 6.18 Å². The van der Waals surface area contributed by atoms with E-state index in [2.05, 4.69) is 10.2 Å². The minimum atomic E-state index is -4.52. The van der Waals surface area contributed by atoms with E-state index in [-0.39, 0.29) is 37.9 Å². The van der Waals surface area contributed by atoms with Gasteiger partial charge in [0.05, 0.1) is 12.0 Å². The topological polar surface area (TPSA) is 77.0 Å². The zero-order valence-corrected chi connectivity index (χ0v) is 11.4. The molecule has 0 unspecified atom stereocenters. The Labute approximate surface area is 119 Å². The van der Waals surface area contributed by atoms with Gasteiger partial charge in [0.25, 0.3) is 0 Å². The normalized spacial score (nSPS) is 20.9. The van der Waals surface area contributed by atoms with Crippen LogP contribution >= 0.6 is 0 Å². The molecule has 0 spiro atoms. The van der Waals surface area contributed by atoms with Gasteiger partial charge in [0, 0.05) is 19.6 Å². The van der Waals surface area contributed by atoms with Crippen molar-refractivity contribution in [3.05, 3.63) is 11.6 Å². The van der Waals surface area contributed by atoms with E-state index in [4.69, 9.17) is 5.73 Å². The third-order valence-electron chi connectivity index (χ3n) is 4.45. The Morgan fingerprint density at radius 3 is 2.52 bits per heavy atom. The summed E-state index contributed by atoms with van der Waals surface area (Å²) in [5.41, 5.74) is 5.18. The van der Waals surface area contributed by atoms with Crippen molar-refractivity contribution in [1.29, 1.82) is 0 Å². The number of rotatable bonds is 2. The first-order valence-electron chi connectivity index (χ1n) is 6.86. The molecule has 2 aliphatic rings. The standard InChI is InChI=1S/C12H16F3N5O/c13-12(14,15)9-18-17-8-6-19(4-5-20(8)9)10(21)11(7-16)2-1-3-11/h1-7,16H2. The zero-order valence-electron chi connectivity index (χ0n) is 11.4. The van der Waals surface area contributed by atoms with Crippen LogP contribution in [0.4, 0.5) is 13.2 Å². The highest BCUT2D eigenvalue weighted by atomic mass is 19.4. The molecule has 1 aromatic rings. The Morgan fingerprint density at radius 2 is 2.00 bits per heavy atom. The Balaban J connectivity index is 1.80. The summed E-state index contributed by atoms with van der Waals surface area (Å²) in [6.45, 7) is 0.630. The zero-order chi connectivity index (χ0) is 15.3. The second-order valence-electron chi connectivity index (χ2n) is 5.65. The fraction of sp³-hybridized carbons (Fsp3) is 0.750. The highest BCUT2D eigenvalue weighted by molar-refractivity contribution is 5.84.